The van der Waals surface area contributed by atoms with E-state index in [9.17, 15) is 4.79 Å². The molecule has 0 unspecified atom stereocenters. The maximum Gasteiger partial charge on any atom is 0.248 e. The predicted molar refractivity (Wildman–Crippen MR) is 65.4 cm³/mol. The van der Waals surface area contributed by atoms with Gasteiger partial charge in [-0.15, -0.1) is 0 Å². The van der Waals surface area contributed by atoms with E-state index in [1.54, 1.807) is 35.4 Å². The number of aliphatic hydroxyl groups is 1. The van der Waals surface area contributed by atoms with E-state index in [4.69, 9.17) is 5.11 Å². The fourth-order valence-electron chi connectivity index (χ4n) is 1.84. The number of imidazole rings is 1. The number of hydrogen-bond acceptors (Lipinski definition) is 4. The summed E-state index contributed by atoms with van der Waals surface area (Å²) in [5.41, 5.74) is 1.13. The minimum atomic E-state index is -0.152. The van der Waals surface area contributed by atoms with Crippen molar-refractivity contribution in [2.24, 2.45) is 0 Å². The Morgan fingerprint density at radius 1 is 1.28 bits per heavy atom. The Morgan fingerprint density at radius 3 is 2.94 bits per heavy atom. The van der Waals surface area contributed by atoms with Gasteiger partial charge in [0.1, 0.15) is 12.1 Å². The van der Waals surface area contributed by atoms with E-state index < -0.39 is 0 Å². The predicted octanol–water partition coefficient (Wildman–Crippen LogP) is 0.601. The first-order valence-electron chi connectivity index (χ1n) is 5.40. The third kappa shape index (κ3) is 1.68. The molecule has 0 atom stereocenters. The fraction of sp³-hybridized carbons (Fsp3) is 0.0833. The van der Waals surface area contributed by atoms with Crippen LogP contribution in [0.1, 0.15) is 5.69 Å². The molecule has 0 bridgehead atoms. The van der Waals surface area contributed by atoms with Crippen LogP contribution >= 0.6 is 0 Å². The van der Waals surface area contributed by atoms with Gasteiger partial charge in [0.2, 0.25) is 5.56 Å². The Morgan fingerprint density at radius 2 is 2.17 bits per heavy atom. The lowest BCUT2D eigenvalue weighted by molar-refractivity contribution is 0.277. The van der Waals surface area contributed by atoms with E-state index in [1.165, 1.54) is 6.07 Å². The van der Waals surface area contributed by atoms with E-state index in [0.29, 0.717) is 17.0 Å². The second-order valence-electron chi connectivity index (χ2n) is 3.85. The number of rotatable bonds is 2. The van der Waals surface area contributed by atoms with E-state index in [2.05, 4.69) is 15.0 Å². The highest BCUT2D eigenvalue weighted by atomic mass is 16.3. The maximum atomic E-state index is 11.3. The van der Waals surface area contributed by atoms with E-state index >= 15 is 0 Å². The topological polar surface area (TPSA) is 83.8 Å². The summed E-state index contributed by atoms with van der Waals surface area (Å²) >= 11 is 0. The molecule has 0 saturated carbocycles. The summed E-state index contributed by atoms with van der Waals surface area (Å²) in [4.78, 5) is 22.3. The summed E-state index contributed by atoms with van der Waals surface area (Å²) < 4.78 is 1.71. The Hall–Kier alpha value is -2.47. The smallest absolute Gasteiger partial charge is 0.248 e. The summed E-state index contributed by atoms with van der Waals surface area (Å²) in [5.74, 6) is 0.663. The van der Waals surface area contributed by atoms with Crippen LogP contribution in [-0.2, 0) is 6.61 Å². The van der Waals surface area contributed by atoms with E-state index in [0.717, 1.165) is 5.39 Å². The lowest BCUT2D eigenvalue weighted by atomic mass is 10.2. The van der Waals surface area contributed by atoms with Crippen molar-refractivity contribution in [3.05, 3.63) is 53.0 Å². The minimum Gasteiger partial charge on any atom is -0.390 e. The zero-order valence-corrected chi connectivity index (χ0v) is 9.37. The van der Waals surface area contributed by atoms with Gasteiger partial charge in [-0.05, 0) is 12.1 Å². The molecule has 0 spiro atoms. The molecule has 18 heavy (non-hydrogen) atoms. The van der Waals surface area contributed by atoms with Crippen molar-refractivity contribution < 1.29 is 5.11 Å². The molecule has 6 nitrogen and oxygen atoms in total. The van der Waals surface area contributed by atoms with Crippen molar-refractivity contribution >= 4 is 10.9 Å². The molecular weight excluding hydrogens is 232 g/mol. The number of aromatic nitrogens is 4. The SMILES string of the molecule is O=c1ccc2c(-n3cnc(CO)c3)nccc2[nH]1. The second-order valence-corrected chi connectivity index (χ2v) is 3.85. The standard InChI is InChI=1S/C12H10N4O2/c17-6-8-5-16(7-14-8)12-9-1-2-11(18)15-10(9)3-4-13-12/h1-5,7,17H,6H2,(H,15,18). The molecule has 0 saturated heterocycles. The monoisotopic (exact) mass is 242 g/mol. The van der Waals surface area contributed by atoms with Crippen LogP contribution in [0.5, 0.6) is 0 Å². The molecule has 3 aromatic rings. The van der Waals surface area contributed by atoms with Crippen LogP contribution in [0.3, 0.4) is 0 Å². The van der Waals surface area contributed by atoms with Gasteiger partial charge in [0.25, 0.3) is 0 Å². The maximum absolute atomic E-state index is 11.3. The van der Waals surface area contributed by atoms with Gasteiger partial charge in [0.15, 0.2) is 0 Å². The number of aromatic amines is 1. The largest absolute Gasteiger partial charge is 0.390 e. The third-order valence-electron chi connectivity index (χ3n) is 2.67. The fourth-order valence-corrected chi connectivity index (χ4v) is 1.84. The molecule has 0 amide bonds. The quantitative estimate of drug-likeness (QED) is 0.689. The Kier molecular flexibility index (Phi) is 2.42. The van der Waals surface area contributed by atoms with E-state index in [-0.39, 0.29) is 12.2 Å². The number of H-pyrrole nitrogens is 1. The van der Waals surface area contributed by atoms with Gasteiger partial charge < -0.3 is 10.1 Å². The summed E-state index contributed by atoms with van der Waals surface area (Å²) in [6.45, 7) is -0.116. The van der Waals surface area contributed by atoms with Gasteiger partial charge >= 0.3 is 0 Å². The molecule has 0 aliphatic heterocycles. The lowest BCUT2D eigenvalue weighted by Gasteiger charge is -2.04. The number of fused-ring (bicyclic) bond motifs is 1. The number of hydrogen-bond donors (Lipinski definition) is 2. The minimum absolute atomic E-state index is 0.116. The van der Waals surface area contributed by atoms with Crippen molar-refractivity contribution in [1.29, 1.82) is 0 Å². The van der Waals surface area contributed by atoms with Crippen LogP contribution in [0.15, 0.2) is 41.7 Å². The summed E-state index contributed by atoms with van der Waals surface area (Å²) in [6, 6.07) is 4.91. The number of nitrogens with one attached hydrogen (secondary N) is 1. The lowest BCUT2D eigenvalue weighted by Crippen LogP contribution is -2.04. The van der Waals surface area contributed by atoms with Gasteiger partial charge in [0, 0.05) is 23.8 Å². The average molecular weight is 242 g/mol. The summed E-state index contributed by atoms with van der Waals surface area (Å²) in [5, 5.41) is 9.82. The summed E-state index contributed by atoms with van der Waals surface area (Å²) in [6.07, 6.45) is 4.90. The van der Waals surface area contributed by atoms with Crippen molar-refractivity contribution in [3.8, 4) is 5.82 Å². The molecule has 0 aliphatic carbocycles. The van der Waals surface area contributed by atoms with E-state index in [1.807, 2.05) is 0 Å². The first-order valence-corrected chi connectivity index (χ1v) is 5.40. The third-order valence-corrected chi connectivity index (χ3v) is 2.67. The van der Waals surface area contributed by atoms with Crippen LogP contribution in [0.2, 0.25) is 0 Å². The Balaban J connectivity index is 2.25. The van der Waals surface area contributed by atoms with Crippen LogP contribution < -0.4 is 5.56 Å². The van der Waals surface area contributed by atoms with Crippen molar-refractivity contribution in [1.82, 2.24) is 19.5 Å². The molecule has 0 aromatic carbocycles. The van der Waals surface area contributed by atoms with Crippen molar-refractivity contribution in [2.75, 3.05) is 0 Å². The molecule has 3 aromatic heterocycles. The normalized spacial score (nSPS) is 10.9. The number of aliphatic hydroxyl groups excluding tert-OH is 1. The molecule has 2 N–H and O–H groups in total. The highest BCUT2D eigenvalue weighted by molar-refractivity contribution is 5.84. The molecule has 0 aliphatic rings. The molecule has 0 fully saturated rings. The summed E-state index contributed by atoms with van der Waals surface area (Å²) in [7, 11) is 0. The number of pyridine rings is 2. The van der Waals surface area contributed by atoms with Gasteiger partial charge in [-0.3, -0.25) is 9.36 Å². The molecule has 6 heteroatoms. The molecular formula is C12H10N4O2. The van der Waals surface area contributed by atoms with Crippen molar-refractivity contribution in [2.45, 2.75) is 6.61 Å². The van der Waals surface area contributed by atoms with Crippen LogP contribution in [0.4, 0.5) is 0 Å². The van der Waals surface area contributed by atoms with Crippen LogP contribution in [-0.4, -0.2) is 24.6 Å². The highest BCUT2D eigenvalue weighted by Crippen LogP contribution is 2.17. The Bertz CT molecular complexity index is 760. The van der Waals surface area contributed by atoms with Gasteiger partial charge in [-0.2, -0.15) is 0 Å². The zero-order chi connectivity index (χ0) is 12.5. The van der Waals surface area contributed by atoms with Crippen LogP contribution in [0, 0.1) is 0 Å². The molecule has 3 rings (SSSR count). The first-order chi connectivity index (χ1) is 8.78. The highest BCUT2D eigenvalue weighted by Gasteiger charge is 2.06. The van der Waals surface area contributed by atoms with Gasteiger partial charge in [0.05, 0.1) is 17.8 Å². The average Bonchev–Trinajstić information content (AvgIpc) is 2.86. The van der Waals surface area contributed by atoms with Crippen LogP contribution in [0.25, 0.3) is 16.7 Å². The molecule has 0 radical (unpaired) electrons. The zero-order valence-electron chi connectivity index (χ0n) is 9.37. The number of nitrogens with zero attached hydrogens (tertiary/aromatic N) is 3. The van der Waals surface area contributed by atoms with Gasteiger partial charge in [-0.1, -0.05) is 0 Å². The van der Waals surface area contributed by atoms with Gasteiger partial charge in [-0.25, -0.2) is 9.97 Å². The van der Waals surface area contributed by atoms with Crippen molar-refractivity contribution in [3.63, 3.8) is 0 Å². The molecule has 3 heterocycles. The Labute approximate surface area is 102 Å². The second kappa shape index (κ2) is 4.08. The molecule has 90 valence electrons. The first kappa shape index (κ1) is 10.7.